The van der Waals surface area contributed by atoms with Crippen molar-refractivity contribution in [1.82, 2.24) is 4.98 Å². The SMILES string of the molecule is O=C(CCc1ncc(-c2ccc(F)cc2)o1)Nc1ccc(NC(=O)Nc2ccccc2)cc1. The Morgan fingerprint density at radius 1 is 0.788 bits per heavy atom. The number of hydrogen-bond acceptors (Lipinski definition) is 4. The molecule has 1 heterocycles. The van der Waals surface area contributed by atoms with Crippen LogP contribution in [0.3, 0.4) is 0 Å². The van der Waals surface area contributed by atoms with Crippen molar-refractivity contribution in [1.29, 1.82) is 0 Å². The van der Waals surface area contributed by atoms with Gasteiger partial charge in [-0.25, -0.2) is 14.2 Å². The second-order valence-electron chi connectivity index (χ2n) is 7.20. The van der Waals surface area contributed by atoms with Gasteiger partial charge in [0.2, 0.25) is 5.91 Å². The highest BCUT2D eigenvalue weighted by Gasteiger charge is 2.10. The van der Waals surface area contributed by atoms with Crippen LogP contribution in [-0.2, 0) is 11.2 Å². The van der Waals surface area contributed by atoms with Gasteiger partial charge in [-0.3, -0.25) is 4.79 Å². The molecule has 4 rings (SSSR count). The minimum absolute atomic E-state index is 0.183. The Hall–Kier alpha value is -4.46. The number of benzene rings is 3. The zero-order valence-electron chi connectivity index (χ0n) is 17.5. The Morgan fingerprint density at radius 3 is 2.06 bits per heavy atom. The number of carbonyl (C=O) groups excluding carboxylic acids is 2. The normalized spacial score (nSPS) is 10.5. The van der Waals surface area contributed by atoms with Gasteiger partial charge in [-0.1, -0.05) is 18.2 Å². The van der Waals surface area contributed by atoms with Crippen LogP contribution in [-0.4, -0.2) is 16.9 Å². The van der Waals surface area contributed by atoms with Gasteiger partial charge in [0.25, 0.3) is 0 Å². The molecule has 0 atom stereocenters. The van der Waals surface area contributed by atoms with Gasteiger partial charge in [-0.2, -0.15) is 0 Å². The van der Waals surface area contributed by atoms with Crippen LogP contribution >= 0.6 is 0 Å². The molecule has 3 N–H and O–H groups in total. The number of rotatable bonds is 7. The van der Waals surface area contributed by atoms with E-state index in [1.807, 2.05) is 18.2 Å². The van der Waals surface area contributed by atoms with Gasteiger partial charge in [-0.15, -0.1) is 0 Å². The fraction of sp³-hybridized carbons (Fsp3) is 0.0800. The van der Waals surface area contributed by atoms with E-state index in [4.69, 9.17) is 4.42 Å². The number of carbonyl (C=O) groups is 2. The third-order valence-corrected chi connectivity index (χ3v) is 4.71. The van der Waals surface area contributed by atoms with Crippen molar-refractivity contribution in [3.8, 4) is 11.3 Å². The summed E-state index contributed by atoms with van der Waals surface area (Å²) >= 11 is 0. The van der Waals surface area contributed by atoms with Crippen molar-refractivity contribution < 1.29 is 18.4 Å². The van der Waals surface area contributed by atoms with Crippen molar-refractivity contribution in [2.24, 2.45) is 0 Å². The summed E-state index contributed by atoms with van der Waals surface area (Å²) in [5.74, 6) is 0.423. The first-order valence-corrected chi connectivity index (χ1v) is 10.3. The second-order valence-corrected chi connectivity index (χ2v) is 7.20. The first-order valence-electron chi connectivity index (χ1n) is 10.3. The molecular formula is C25H21FN4O3. The van der Waals surface area contributed by atoms with Crippen LogP contribution in [0, 0.1) is 5.82 Å². The van der Waals surface area contributed by atoms with E-state index >= 15 is 0 Å². The fourth-order valence-electron chi connectivity index (χ4n) is 3.07. The third kappa shape index (κ3) is 6.27. The molecule has 0 unspecified atom stereocenters. The minimum atomic E-state index is -0.357. The van der Waals surface area contributed by atoms with Crippen molar-refractivity contribution in [2.45, 2.75) is 12.8 Å². The maximum absolute atomic E-state index is 13.0. The van der Waals surface area contributed by atoms with Crippen molar-refractivity contribution >= 4 is 29.0 Å². The zero-order chi connectivity index (χ0) is 23.0. The number of nitrogens with one attached hydrogen (secondary N) is 3. The molecule has 0 spiro atoms. The highest BCUT2D eigenvalue weighted by Crippen LogP contribution is 2.21. The maximum Gasteiger partial charge on any atom is 0.323 e. The van der Waals surface area contributed by atoms with Crippen LogP contribution in [0.15, 0.2) is 89.5 Å². The number of nitrogens with zero attached hydrogens (tertiary/aromatic N) is 1. The molecular weight excluding hydrogens is 423 g/mol. The van der Waals surface area contributed by atoms with Gasteiger partial charge in [-0.05, 0) is 60.7 Å². The van der Waals surface area contributed by atoms with Crippen LogP contribution < -0.4 is 16.0 Å². The first kappa shape index (κ1) is 21.8. The van der Waals surface area contributed by atoms with E-state index in [1.54, 1.807) is 54.7 Å². The molecule has 0 saturated heterocycles. The second kappa shape index (κ2) is 10.2. The monoisotopic (exact) mass is 444 g/mol. The molecule has 0 fully saturated rings. The van der Waals surface area contributed by atoms with Crippen molar-refractivity contribution in [3.05, 3.63) is 96.8 Å². The molecule has 3 aromatic carbocycles. The fourth-order valence-corrected chi connectivity index (χ4v) is 3.07. The average molecular weight is 444 g/mol. The number of anilines is 3. The van der Waals surface area contributed by atoms with E-state index in [2.05, 4.69) is 20.9 Å². The first-order chi connectivity index (χ1) is 16.0. The van der Waals surface area contributed by atoms with Crippen molar-refractivity contribution in [3.63, 3.8) is 0 Å². The molecule has 0 aliphatic rings. The van der Waals surface area contributed by atoms with E-state index < -0.39 is 0 Å². The molecule has 33 heavy (non-hydrogen) atoms. The Kier molecular flexibility index (Phi) is 6.75. The summed E-state index contributed by atoms with van der Waals surface area (Å²) in [5.41, 5.74) is 2.60. The molecule has 0 aliphatic carbocycles. The average Bonchev–Trinajstić information content (AvgIpc) is 3.29. The van der Waals surface area contributed by atoms with Gasteiger partial charge in [0.1, 0.15) is 5.82 Å². The molecule has 7 nitrogen and oxygen atoms in total. The molecule has 8 heteroatoms. The number of oxazole rings is 1. The van der Waals surface area contributed by atoms with Gasteiger partial charge in [0.05, 0.1) is 6.20 Å². The maximum atomic E-state index is 13.0. The predicted molar refractivity (Wildman–Crippen MR) is 124 cm³/mol. The summed E-state index contributed by atoms with van der Waals surface area (Å²) in [6.45, 7) is 0. The molecule has 4 aromatic rings. The lowest BCUT2D eigenvalue weighted by atomic mass is 10.2. The van der Waals surface area contributed by atoms with E-state index in [1.165, 1.54) is 12.1 Å². The number of aryl methyl sites for hydroxylation is 1. The summed E-state index contributed by atoms with van der Waals surface area (Å²) in [4.78, 5) is 28.5. The largest absolute Gasteiger partial charge is 0.441 e. The summed E-state index contributed by atoms with van der Waals surface area (Å²) in [7, 11) is 0. The van der Waals surface area contributed by atoms with Crippen LogP contribution in [0.5, 0.6) is 0 Å². The van der Waals surface area contributed by atoms with Crippen molar-refractivity contribution in [2.75, 3.05) is 16.0 Å². The lowest BCUT2D eigenvalue weighted by Crippen LogP contribution is -2.19. The minimum Gasteiger partial charge on any atom is -0.441 e. The zero-order valence-corrected chi connectivity index (χ0v) is 17.5. The molecule has 1 aromatic heterocycles. The van der Waals surface area contributed by atoms with E-state index in [0.29, 0.717) is 40.7 Å². The molecule has 3 amide bonds. The molecule has 0 saturated carbocycles. The van der Waals surface area contributed by atoms with E-state index in [-0.39, 0.29) is 24.2 Å². The third-order valence-electron chi connectivity index (χ3n) is 4.71. The van der Waals surface area contributed by atoms with Gasteiger partial charge in [0.15, 0.2) is 11.7 Å². The molecule has 166 valence electrons. The lowest BCUT2D eigenvalue weighted by molar-refractivity contribution is -0.116. The Bertz CT molecular complexity index is 1220. The number of halogens is 1. The lowest BCUT2D eigenvalue weighted by Gasteiger charge is -2.09. The number of urea groups is 1. The Labute approximate surface area is 189 Å². The number of aromatic nitrogens is 1. The van der Waals surface area contributed by atoms with Gasteiger partial charge in [0, 0.05) is 35.5 Å². The summed E-state index contributed by atoms with van der Waals surface area (Å²) in [5, 5.41) is 8.26. The molecule has 0 aliphatic heterocycles. The highest BCUT2D eigenvalue weighted by atomic mass is 19.1. The topological polar surface area (TPSA) is 96.3 Å². The van der Waals surface area contributed by atoms with Gasteiger partial charge < -0.3 is 20.4 Å². The summed E-state index contributed by atoms with van der Waals surface area (Å²) in [6.07, 6.45) is 2.06. The van der Waals surface area contributed by atoms with Crippen LogP contribution in [0.4, 0.5) is 26.2 Å². The van der Waals surface area contributed by atoms with E-state index in [9.17, 15) is 14.0 Å². The molecule has 0 bridgehead atoms. The standard InChI is InChI=1S/C25H21FN4O3/c26-18-8-6-17(7-9-18)22-16-27-24(33-22)15-14-23(31)28-20-10-12-21(13-11-20)30-25(32)29-19-4-2-1-3-5-19/h1-13,16H,14-15H2,(H,28,31)(H2,29,30,32). The Balaban J connectivity index is 1.24. The smallest absolute Gasteiger partial charge is 0.323 e. The van der Waals surface area contributed by atoms with Crippen LogP contribution in [0.25, 0.3) is 11.3 Å². The summed E-state index contributed by atoms with van der Waals surface area (Å²) < 4.78 is 18.7. The predicted octanol–water partition coefficient (Wildman–Crippen LogP) is 5.70. The number of para-hydroxylation sites is 1. The molecule has 0 radical (unpaired) electrons. The Morgan fingerprint density at radius 2 is 1.39 bits per heavy atom. The van der Waals surface area contributed by atoms with Gasteiger partial charge >= 0.3 is 6.03 Å². The number of hydrogen-bond donors (Lipinski definition) is 3. The number of amides is 3. The van der Waals surface area contributed by atoms with Crippen LogP contribution in [0.2, 0.25) is 0 Å². The summed E-state index contributed by atoms with van der Waals surface area (Å²) in [6, 6.07) is 21.5. The van der Waals surface area contributed by atoms with Crippen LogP contribution in [0.1, 0.15) is 12.3 Å². The quantitative estimate of drug-likeness (QED) is 0.341. The highest BCUT2D eigenvalue weighted by molar-refractivity contribution is 6.00. The van der Waals surface area contributed by atoms with E-state index in [0.717, 1.165) is 0 Å².